The van der Waals surface area contributed by atoms with Gasteiger partial charge in [0.1, 0.15) is 23.8 Å². The quantitative estimate of drug-likeness (QED) is 0.296. The maximum Gasteiger partial charge on any atom is 0.319 e. The Morgan fingerprint density at radius 3 is 2.66 bits per heavy atom. The molecule has 4 heterocycles. The number of hydrogen-bond acceptors (Lipinski definition) is 9. The lowest BCUT2D eigenvalue weighted by molar-refractivity contribution is -0.128. The van der Waals surface area contributed by atoms with Crippen molar-refractivity contribution in [3.8, 4) is 17.8 Å². The van der Waals surface area contributed by atoms with Crippen LogP contribution in [0.4, 0.5) is 10.2 Å². The molecule has 1 amide bonds. The number of benzene rings is 2. The van der Waals surface area contributed by atoms with Crippen LogP contribution in [0.1, 0.15) is 25.1 Å². The standard InChI is InChI=1S/C32H33FN8O3/c1-4-26(42)40-17-16-39(18-22(40)13-14-34)30-28-29(36-32(37-30)44-19-23-10-7-15-38(23)3)31(43)41(20(2)35-28)25-12-6-9-21-8-5-11-24(33)27(21)25/h4-6,8-9,11-12,22-23H,1,7,10,13,15-19H2,2-3H3/t22-,23-/m0/s1. The van der Waals surface area contributed by atoms with Gasteiger partial charge in [-0.2, -0.15) is 15.2 Å². The molecule has 226 valence electrons. The summed E-state index contributed by atoms with van der Waals surface area (Å²) in [6, 6.07) is 12.0. The van der Waals surface area contributed by atoms with Gasteiger partial charge in [0.15, 0.2) is 11.3 Å². The van der Waals surface area contributed by atoms with E-state index in [1.54, 1.807) is 42.2 Å². The highest BCUT2D eigenvalue weighted by Gasteiger charge is 2.32. The van der Waals surface area contributed by atoms with Crippen molar-refractivity contribution in [1.82, 2.24) is 29.3 Å². The van der Waals surface area contributed by atoms with Gasteiger partial charge in [0.25, 0.3) is 5.56 Å². The predicted molar refractivity (Wildman–Crippen MR) is 164 cm³/mol. The minimum atomic E-state index is -0.483. The number of hydrogen-bond donors (Lipinski definition) is 0. The van der Waals surface area contributed by atoms with Gasteiger partial charge in [0.05, 0.1) is 24.2 Å². The number of rotatable bonds is 7. The second kappa shape index (κ2) is 12.0. The van der Waals surface area contributed by atoms with Crippen molar-refractivity contribution in [2.24, 2.45) is 0 Å². The second-order valence-corrected chi connectivity index (χ2v) is 11.2. The number of nitrogens with zero attached hydrogens (tertiary/aromatic N) is 8. The van der Waals surface area contributed by atoms with E-state index >= 15 is 4.39 Å². The topological polar surface area (TPSA) is 120 Å². The van der Waals surface area contributed by atoms with E-state index in [0.717, 1.165) is 19.4 Å². The zero-order valence-electron chi connectivity index (χ0n) is 24.7. The largest absolute Gasteiger partial charge is 0.462 e. The molecular formula is C32H33FN8O3. The van der Waals surface area contributed by atoms with Crippen LogP contribution in [0, 0.1) is 24.1 Å². The second-order valence-electron chi connectivity index (χ2n) is 11.2. The molecule has 11 nitrogen and oxygen atoms in total. The van der Waals surface area contributed by atoms with Gasteiger partial charge in [0, 0.05) is 31.1 Å². The summed E-state index contributed by atoms with van der Waals surface area (Å²) in [7, 11) is 2.04. The van der Waals surface area contributed by atoms with Crippen molar-refractivity contribution in [3.63, 3.8) is 0 Å². The molecule has 2 saturated heterocycles. The summed E-state index contributed by atoms with van der Waals surface area (Å²) >= 11 is 0. The lowest BCUT2D eigenvalue weighted by atomic mass is 10.1. The number of aromatic nitrogens is 4. The van der Waals surface area contributed by atoms with Crippen molar-refractivity contribution in [2.45, 2.75) is 38.3 Å². The molecule has 2 aliphatic heterocycles. The fraction of sp³-hybridized carbons (Fsp3) is 0.375. The number of aryl methyl sites for hydroxylation is 1. The summed E-state index contributed by atoms with van der Waals surface area (Å²) in [5.41, 5.74) is 0.182. The van der Waals surface area contributed by atoms with Crippen LogP contribution in [0.2, 0.25) is 0 Å². The first-order valence-corrected chi connectivity index (χ1v) is 14.7. The summed E-state index contributed by atoms with van der Waals surface area (Å²) in [6.07, 6.45) is 3.40. The van der Waals surface area contributed by atoms with Gasteiger partial charge in [-0.3, -0.25) is 14.2 Å². The van der Waals surface area contributed by atoms with Crippen LogP contribution in [0.5, 0.6) is 6.01 Å². The number of likely N-dealkylation sites (N-methyl/N-ethyl adjacent to an activating group) is 1. The molecular weight excluding hydrogens is 563 g/mol. The first kappa shape index (κ1) is 29.2. The Labute approximate surface area is 253 Å². The lowest BCUT2D eigenvalue weighted by Gasteiger charge is -2.40. The number of fused-ring (bicyclic) bond motifs is 2. The lowest BCUT2D eigenvalue weighted by Crippen LogP contribution is -2.55. The van der Waals surface area contributed by atoms with Crippen LogP contribution in [0.25, 0.3) is 27.5 Å². The van der Waals surface area contributed by atoms with Gasteiger partial charge in [-0.05, 0) is 57.0 Å². The maximum atomic E-state index is 15.1. The Kier molecular flexibility index (Phi) is 7.97. The van der Waals surface area contributed by atoms with Crippen molar-refractivity contribution in [1.29, 1.82) is 5.26 Å². The average Bonchev–Trinajstić information content (AvgIpc) is 3.44. The molecule has 2 fully saturated rings. The summed E-state index contributed by atoms with van der Waals surface area (Å²) in [5, 5.41) is 10.5. The van der Waals surface area contributed by atoms with Crippen LogP contribution in [0.15, 0.2) is 53.8 Å². The molecule has 2 atom stereocenters. The molecule has 12 heteroatoms. The summed E-state index contributed by atoms with van der Waals surface area (Å²) < 4.78 is 22.6. The summed E-state index contributed by atoms with van der Waals surface area (Å²) in [6.45, 7) is 7.61. The molecule has 4 aromatic rings. The Hall–Kier alpha value is -4.89. The first-order valence-electron chi connectivity index (χ1n) is 14.7. The number of ether oxygens (including phenoxy) is 1. The molecule has 2 aromatic carbocycles. The van der Waals surface area contributed by atoms with E-state index in [4.69, 9.17) is 14.7 Å². The molecule has 0 aliphatic carbocycles. The average molecular weight is 597 g/mol. The zero-order valence-corrected chi connectivity index (χ0v) is 24.7. The Bertz CT molecular complexity index is 1860. The van der Waals surface area contributed by atoms with Crippen LogP contribution in [-0.2, 0) is 4.79 Å². The third-order valence-electron chi connectivity index (χ3n) is 8.56. The van der Waals surface area contributed by atoms with Crippen LogP contribution in [0.3, 0.4) is 0 Å². The molecule has 0 unspecified atom stereocenters. The van der Waals surface area contributed by atoms with E-state index in [0.29, 0.717) is 54.3 Å². The molecule has 0 N–H and O–H groups in total. The molecule has 0 bridgehead atoms. The van der Waals surface area contributed by atoms with Crippen molar-refractivity contribution >= 4 is 33.5 Å². The number of amides is 1. The number of carbonyl (C=O) groups excluding carboxylic acids is 1. The number of likely N-dealkylation sites (tertiary alicyclic amines) is 1. The van der Waals surface area contributed by atoms with E-state index in [1.165, 1.54) is 16.7 Å². The number of carbonyl (C=O) groups is 1. The molecule has 0 radical (unpaired) electrons. The van der Waals surface area contributed by atoms with Crippen molar-refractivity contribution in [2.75, 3.05) is 44.7 Å². The fourth-order valence-electron chi connectivity index (χ4n) is 6.27. The molecule has 44 heavy (non-hydrogen) atoms. The fourth-order valence-corrected chi connectivity index (χ4v) is 6.27. The Balaban J connectivity index is 1.50. The monoisotopic (exact) mass is 596 g/mol. The normalized spacial score (nSPS) is 19.0. The number of nitriles is 1. The molecule has 2 aliphatic rings. The predicted octanol–water partition coefficient (Wildman–Crippen LogP) is 3.37. The minimum Gasteiger partial charge on any atom is -0.462 e. The van der Waals surface area contributed by atoms with E-state index in [9.17, 15) is 14.9 Å². The van der Waals surface area contributed by atoms with E-state index in [1.807, 2.05) is 11.9 Å². The third-order valence-corrected chi connectivity index (χ3v) is 8.56. The highest BCUT2D eigenvalue weighted by atomic mass is 19.1. The Morgan fingerprint density at radius 2 is 1.93 bits per heavy atom. The number of piperazine rings is 1. The van der Waals surface area contributed by atoms with E-state index in [2.05, 4.69) is 22.5 Å². The van der Waals surface area contributed by atoms with Gasteiger partial charge >= 0.3 is 6.01 Å². The maximum absolute atomic E-state index is 15.1. The van der Waals surface area contributed by atoms with Crippen LogP contribution >= 0.6 is 0 Å². The van der Waals surface area contributed by atoms with E-state index < -0.39 is 17.4 Å². The van der Waals surface area contributed by atoms with Gasteiger partial charge in [0.2, 0.25) is 5.91 Å². The van der Waals surface area contributed by atoms with Crippen LogP contribution in [-0.4, -0.2) is 87.1 Å². The number of anilines is 1. The molecule has 0 saturated carbocycles. The number of halogens is 1. The highest BCUT2D eigenvalue weighted by molar-refractivity contribution is 5.92. The molecule has 6 rings (SSSR count). The van der Waals surface area contributed by atoms with Gasteiger partial charge < -0.3 is 19.4 Å². The summed E-state index contributed by atoms with van der Waals surface area (Å²) in [5.74, 6) is 0.0163. The van der Waals surface area contributed by atoms with Gasteiger partial charge in [-0.15, -0.1) is 0 Å². The smallest absolute Gasteiger partial charge is 0.319 e. The van der Waals surface area contributed by atoms with Gasteiger partial charge in [-0.1, -0.05) is 30.8 Å². The minimum absolute atomic E-state index is 0.0325. The van der Waals surface area contributed by atoms with E-state index in [-0.39, 0.29) is 35.4 Å². The third kappa shape index (κ3) is 5.24. The van der Waals surface area contributed by atoms with Crippen molar-refractivity contribution in [3.05, 3.63) is 71.0 Å². The van der Waals surface area contributed by atoms with Crippen LogP contribution < -0.4 is 15.2 Å². The SMILES string of the molecule is C=CC(=O)N1CCN(c2nc(OC[C@@H]3CCCN3C)nc3c(=O)n(-c4cccc5cccc(F)c45)c(C)nc23)C[C@@H]1CC#N. The summed E-state index contributed by atoms with van der Waals surface area (Å²) in [4.78, 5) is 46.7. The van der Waals surface area contributed by atoms with Crippen molar-refractivity contribution < 1.29 is 13.9 Å². The Morgan fingerprint density at radius 1 is 1.14 bits per heavy atom. The van der Waals surface area contributed by atoms with Gasteiger partial charge in [-0.25, -0.2) is 9.37 Å². The highest BCUT2D eigenvalue weighted by Crippen LogP contribution is 2.30. The zero-order chi connectivity index (χ0) is 31.0. The first-order chi connectivity index (χ1) is 21.3. The molecule has 0 spiro atoms. The molecule has 2 aromatic heterocycles.